The van der Waals surface area contributed by atoms with Crippen LogP contribution in [-0.4, -0.2) is 40.8 Å². The fourth-order valence-corrected chi connectivity index (χ4v) is 5.18. The van der Waals surface area contributed by atoms with E-state index in [1.165, 1.54) is 0 Å². The highest BCUT2D eigenvalue weighted by Gasteiger charge is 2.32. The molecule has 2 aromatic heterocycles. The fraction of sp³-hybridized carbons (Fsp3) is 0.350. The average molecular weight is 382 g/mol. The highest BCUT2D eigenvalue weighted by Crippen LogP contribution is 2.32. The molecule has 1 fully saturated rings. The Hall–Kier alpha value is -2.38. The lowest BCUT2D eigenvalue weighted by molar-refractivity contribution is 0.313. The van der Waals surface area contributed by atoms with Crippen LogP contribution in [0, 0.1) is 13.8 Å². The number of hydrogen-bond donors (Lipinski definition) is 0. The summed E-state index contributed by atoms with van der Waals surface area (Å²) in [6, 6.07) is 10.9. The number of fused-ring (bicyclic) bond motifs is 1. The number of rotatable bonds is 3. The molecule has 3 heterocycles. The molecule has 1 saturated heterocycles. The molecule has 6 nitrogen and oxygen atoms in total. The van der Waals surface area contributed by atoms with Crippen molar-refractivity contribution in [3.8, 4) is 0 Å². The summed E-state index contributed by atoms with van der Waals surface area (Å²) in [6.45, 7) is 4.76. The number of hydrogen-bond acceptors (Lipinski definition) is 5. The minimum absolute atomic E-state index is 0.0346. The Morgan fingerprint density at radius 3 is 2.63 bits per heavy atom. The summed E-state index contributed by atoms with van der Waals surface area (Å²) in [5.41, 5.74) is 2.61. The van der Waals surface area contributed by atoms with E-state index in [-0.39, 0.29) is 5.92 Å². The minimum Gasteiger partial charge on any atom is -0.237 e. The Bertz CT molecular complexity index is 1080. The Morgan fingerprint density at radius 2 is 1.85 bits per heavy atom. The molecule has 1 aliphatic rings. The summed E-state index contributed by atoms with van der Waals surface area (Å²) in [5, 5.41) is 0.905. The van der Waals surface area contributed by atoms with E-state index >= 15 is 0 Å². The van der Waals surface area contributed by atoms with Crippen molar-refractivity contribution in [1.29, 1.82) is 0 Å². The maximum atomic E-state index is 13.1. The topological polar surface area (TPSA) is 76.1 Å². The van der Waals surface area contributed by atoms with Gasteiger partial charge in [-0.15, -0.1) is 0 Å². The second kappa shape index (κ2) is 6.98. The van der Waals surface area contributed by atoms with E-state index in [4.69, 9.17) is 0 Å². The maximum absolute atomic E-state index is 13.1. The number of benzene rings is 1. The van der Waals surface area contributed by atoms with Crippen LogP contribution in [-0.2, 0) is 10.0 Å². The lowest BCUT2D eigenvalue weighted by Gasteiger charge is -2.32. The van der Waals surface area contributed by atoms with Crippen molar-refractivity contribution in [3.05, 3.63) is 59.7 Å². The summed E-state index contributed by atoms with van der Waals surface area (Å²) >= 11 is 0. The number of aromatic nitrogens is 3. The Balaban J connectivity index is 1.69. The van der Waals surface area contributed by atoms with Gasteiger partial charge in [0.15, 0.2) is 5.65 Å². The number of sulfonamides is 1. The first kappa shape index (κ1) is 18.0. The molecule has 27 heavy (non-hydrogen) atoms. The van der Waals surface area contributed by atoms with Gasteiger partial charge in [-0.25, -0.2) is 23.4 Å². The van der Waals surface area contributed by atoms with Crippen LogP contribution < -0.4 is 0 Å². The number of pyridine rings is 1. The number of nitrogens with zero attached hydrogens (tertiary/aromatic N) is 4. The predicted octanol–water partition coefficient (Wildman–Crippen LogP) is 3.21. The molecule has 0 amide bonds. The van der Waals surface area contributed by atoms with E-state index in [0.717, 1.165) is 29.5 Å². The van der Waals surface area contributed by atoms with Crippen LogP contribution in [0.4, 0.5) is 0 Å². The molecule has 1 atom stereocenters. The van der Waals surface area contributed by atoms with Gasteiger partial charge in [0.2, 0.25) is 10.0 Å². The van der Waals surface area contributed by atoms with Crippen molar-refractivity contribution in [2.45, 2.75) is 37.5 Å². The van der Waals surface area contributed by atoms with Crippen LogP contribution in [0.3, 0.4) is 0 Å². The summed E-state index contributed by atoms with van der Waals surface area (Å²) in [7, 11) is -3.51. The standard InChI is InChI=1S/C20H22N4O2S/c1-14-7-9-17(10-8-14)27(25,26)24-12-4-5-16(13-24)19-18-6-3-11-21-20(18)23-15(2)22-19/h3,6-11,16H,4-5,12-13H2,1-2H3. The zero-order chi connectivity index (χ0) is 19.0. The van der Waals surface area contributed by atoms with Crippen LogP contribution in [0.2, 0.25) is 0 Å². The largest absolute Gasteiger partial charge is 0.243 e. The maximum Gasteiger partial charge on any atom is 0.243 e. The monoisotopic (exact) mass is 382 g/mol. The first-order valence-electron chi connectivity index (χ1n) is 9.11. The third kappa shape index (κ3) is 3.44. The average Bonchev–Trinajstić information content (AvgIpc) is 2.68. The normalized spacial score (nSPS) is 18.7. The fourth-order valence-electron chi connectivity index (χ4n) is 3.65. The van der Waals surface area contributed by atoms with Crippen molar-refractivity contribution < 1.29 is 8.42 Å². The van der Waals surface area contributed by atoms with E-state index in [1.807, 2.05) is 38.1 Å². The lowest BCUT2D eigenvalue weighted by atomic mass is 9.94. The van der Waals surface area contributed by atoms with Crippen LogP contribution in [0.15, 0.2) is 47.5 Å². The molecule has 140 valence electrons. The molecule has 0 bridgehead atoms. The Morgan fingerprint density at radius 1 is 1.07 bits per heavy atom. The van der Waals surface area contributed by atoms with E-state index in [1.54, 1.807) is 22.6 Å². The van der Waals surface area contributed by atoms with Crippen molar-refractivity contribution in [3.63, 3.8) is 0 Å². The second-order valence-corrected chi connectivity index (χ2v) is 8.98. The summed E-state index contributed by atoms with van der Waals surface area (Å²) in [4.78, 5) is 13.7. The molecule has 0 saturated carbocycles. The predicted molar refractivity (Wildman–Crippen MR) is 104 cm³/mol. The highest BCUT2D eigenvalue weighted by atomic mass is 32.2. The van der Waals surface area contributed by atoms with E-state index in [2.05, 4.69) is 15.0 Å². The highest BCUT2D eigenvalue weighted by molar-refractivity contribution is 7.89. The molecule has 0 radical (unpaired) electrons. The molecule has 7 heteroatoms. The lowest BCUT2D eigenvalue weighted by Crippen LogP contribution is -2.39. The molecular weight excluding hydrogens is 360 g/mol. The van der Waals surface area contributed by atoms with Gasteiger partial charge in [0.1, 0.15) is 5.82 Å². The van der Waals surface area contributed by atoms with Gasteiger partial charge in [-0.05, 0) is 51.0 Å². The summed E-state index contributed by atoms with van der Waals surface area (Å²) in [6.07, 6.45) is 3.43. The third-order valence-electron chi connectivity index (χ3n) is 5.04. The first-order chi connectivity index (χ1) is 12.9. The molecule has 1 aromatic carbocycles. The third-order valence-corrected chi connectivity index (χ3v) is 6.92. The molecular formula is C20H22N4O2S. The molecule has 4 rings (SSSR count). The minimum atomic E-state index is -3.51. The van der Waals surface area contributed by atoms with Crippen LogP contribution in [0.5, 0.6) is 0 Å². The Labute approximate surface area is 159 Å². The van der Waals surface area contributed by atoms with Crippen molar-refractivity contribution >= 4 is 21.1 Å². The number of piperidine rings is 1. The molecule has 3 aromatic rings. The van der Waals surface area contributed by atoms with Crippen molar-refractivity contribution in [1.82, 2.24) is 19.3 Å². The van der Waals surface area contributed by atoms with Crippen LogP contribution in [0.1, 0.15) is 35.8 Å². The number of aryl methyl sites for hydroxylation is 2. The van der Waals surface area contributed by atoms with Gasteiger partial charge in [-0.3, -0.25) is 0 Å². The summed E-state index contributed by atoms with van der Waals surface area (Å²) in [5.74, 6) is 0.696. The molecule has 0 N–H and O–H groups in total. The van der Waals surface area contributed by atoms with Gasteiger partial charge in [0.25, 0.3) is 0 Å². The van der Waals surface area contributed by atoms with Gasteiger partial charge in [-0.2, -0.15) is 4.31 Å². The van der Waals surface area contributed by atoms with Crippen molar-refractivity contribution in [2.75, 3.05) is 13.1 Å². The first-order valence-corrected chi connectivity index (χ1v) is 10.6. The van der Waals surface area contributed by atoms with Gasteiger partial charge in [0, 0.05) is 30.6 Å². The molecule has 0 spiro atoms. The summed E-state index contributed by atoms with van der Waals surface area (Å²) < 4.78 is 27.8. The second-order valence-electron chi connectivity index (χ2n) is 7.05. The molecule has 1 unspecified atom stereocenters. The van der Waals surface area contributed by atoms with Crippen LogP contribution >= 0.6 is 0 Å². The molecule has 1 aliphatic heterocycles. The zero-order valence-electron chi connectivity index (χ0n) is 15.5. The van der Waals surface area contributed by atoms with Gasteiger partial charge in [-0.1, -0.05) is 17.7 Å². The quantitative estimate of drug-likeness (QED) is 0.695. The smallest absolute Gasteiger partial charge is 0.237 e. The molecule has 0 aliphatic carbocycles. The van der Waals surface area contributed by atoms with Gasteiger partial charge in [0.05, 0.1) is 10.6 Å². The van der Waals surface area contributed by atoms with E-state index in [9.17, 15) is 8.42 Å². The zero-order valence-corrected chi connectivity index (χ0v) is 16.3. The van der Waals surface area contributed by atoms with E-state index in [0.29, 0.717) is 29.5 Å². The van der Waals surface area contributed by atoms with Gasteiger partial charge >= 0.3 is 0 Å². The van der Waals surface area contributed by atoms with Gasteiger partial charge < -0.3 is 0 Å². The van der Waals surface area contributed by atoms with Crippen molar-refractivity contribution in [2.24, 2.45) is 0 Å². The van der Waals surface area contributed by atoms with Crippen LogP contribution in [0.25, 0.3) is 11.0 Å². The SMILES string of the molecule is Cc1ccc(S(=O)(=O)N2CCCC(c3nc(C)nc4ncccc34)C2)cc1. The van der Waals surface area contributed by atoms with E-state index < -0.39 is 10.0 Å². The Kier molecular flexibility index (Phi) is 4.65.